The first kappa shape index (κ1) is 13.9. The predicted molar refractivity (Wildman–Crippen MR) is 74.8 cm³/mol. The largest absolute Gasteiger partial charge is 0.478 e. The summed E-state index contributed by atoms with van der Waals surface area (Å²) in [5.74, 6) is -1.00. The molecule has 2 rings (SSSR count). The quantitative estimate of drug-likeness (QED) is 0.847. The maximum absolute atomic E-state index is 11.7. The Hall–Kier alpha value is -2.53. The Morgan fingerprint density at radius 3 is 2.75 bits per heavy atom. The minimum absolute atomic E-state index is 0.0414. The summed E-state index contributed by atoms with van der Waals surface area (Å²) < 4.78 is 5.04. The highest BCUT2D eigenvalue weighted by molar-refractivity contribution is 6.34. The van der Waals surface area contributed by atoms with Crippen molar-refractivity contribution in [2.75, 3.05) is 5.32 Å². The van der Waals surface area contributed by atoms with E-state index in [2.05, 4.69) is 5.32 Å². The van der Waals surface area contributed by atoms with Gasteiger partial charge in [-0.25, -0.2) is 4.79 Å². The van der Waals surface area contributed by atoms with Crippen molar-refractivity contribution in [1.82, 2.24) is 0 Å². The summed E-state index contributed by atoms with van der Waals surface area (Å²) in [5, 5.41) is 11.6. The van der Waals surface area contributed by atoms with Gasteiger partial charge in [0.25, 0.3) is 0 Å². The van der Waals surface area contributed by atoms with Gasteiger partial charge in [0.2, 0.25) is 5.91 Å². The summed E-state index contributed by atoms with van der Waals surface area (Å²) in [7, 11) is 0. The van der Waals surface area contributed by atoms with Crippen LogP contribution in [0.1, 0.15) is 16.1 Å². The van der Waals surface area contributed by atoms with Gasteiger partial charge in [-0.15, -0.1) is 0 Å². The zero-order valence-corrected chi connectivity index (χ0v) is 10.9. The Bertz CT molecular complexity index is 662. The highest BCUT2D eigenvalue weighted by Crippen LogP contribution is 2.23. The zero-order chi connectivity index (χ0) is 14.5. The molecule has 0 aliphatic carbocycles. The number of hydrogen-bond donors (Lipinski definition) is 2. The molecular formula is C14H10ClNO4. The highest BCUT2D eigenvalue weighted by atomic mass is 35.5. The Labute approximate surface area is 119 Å². The van der Waals surface area contributed by atoms with Crippen LogP contribution < -0.4 is 5.32 Å². The topological polar surface area (TPSA) is 79.5 Å². The van der Waals surface area contributed by atoms with Crippen molar-refractivity contribution in [3.8, 4) is 0 Å². The van der Waals surface area contributed by atoms with Gasteiger partial charge in [0.05, 0.1) is 22.5 Å². The number of anilines is 1. The third kappa shape index (κ3) is 3.49. The highest BCUT2D eigenvalue weighted by Gasteiger charge is 2.08. The maximum Gasteiger partial charge on any atom is 0.335 e. The SMILES string of the molecule is O=C(/C=C/c1ccco1)Nc1cc(C(=O)O)ccc1Cl. The smallest absolute Gasteiger partial charge is 0.335 e. The fraction of sp³-hybridized carbons (Fsp3) is 0. The van der Waals surface area contributed by atoms with Gasteiger partial charge in [-0.1, -0.05) is 11.6 Å². The zero-order valence-electron chi connectivity index (χ0n) is 10.2. The van der Waals surface area contributed by atoms with Gasteiger partial charge >= 0.3 is 5.97 Å². The fourth-order valence-corrected chi connectivity index (χ4v) is 1.64. The Kier molecular flexibility index (Phi) is 4.22. The molecular weight excluding hydrogens is 282 g/mol. The molecule has 1 amide bonds. The summed E-state index contributed by atoms with van der Waals surface area (Å²) in [5.41, 5.74) is 0.278. The van der Waals surface area contributed by atoms with Crippen molar-refractivity contribution in [3.05, 3.63) is 59.0 Å². The van der Waals surface area contributed by atoms with Gasteiger partial charge in [0.1, 0.15) is 5.76 Å². The second-order valence-corrected chi connectivity index (χ2v) is 4.24. The minimum atomic E-state index is -1.09. The normalized spacial score (nSPS) is 10.7. The van der Waals surface area contributed by atoms with E-state index in [-0.39, 0.29) is 16.3 Å². The molecule has 2 N–H and O–H groups in total. The van der Waals surface area contributed by atoms with Crippen LogP contribution in [0.4, 0.5) is 5.69 Å². The lowest BCUT2D eigenvalue weighted by Crippen LogP contribution is -2.09. The third-order valence-corrected chi connectivity index (χ3v) is 2.74. The fourth-order valence-electron chi connectivity index (χ4n) is 1.47. The van der Waals surface area contributed by atoms with Gasteiger partial charge in [0, 0.05) is 6.08 Å². The van der Waals surface area contributed by atoms with Crippen LogP contribution in [0.15, 0.2) is 47.1 Å². The average molecular weight is 292 g/mol. The summed E-state index contributed by atoms with van der Waals surface area (Å²) in [4.78, 5) is 22.5. The number of hydrogen-bond acceptors (Lipinski definition) is 3. The number of benzene rings is 1. The number of carboxylic acids is 1. The molecule has 0 aliphatic rings. The van der Waals surface area contributed by atoms with Crippen LogP contribution in [0, 0.1) is 0 Å². The van der Waals surface area contributed by atoms with Crippen LogP contribution in [-0.4, -0.2) is 17.0 Å². The summed E-state index contributed by atoms with van der Waals surface area (Å²) in [6.07, 6.45) is 4.25. The molecule has 6 heteroatoms. The first-order valence-electron chi connectivity index (χ1n) is 5.61. The van der Waals surface area contributed by atoms with Crippen molar-refractivity contribution in [2.45, 2.75) is 0 Å². The van der Waals surface area contributed by atoms with Crippen LogP contribution in [0.5, 0.6) is 0 Å². The number of amides is 1. The van der Waals surface area contributed by atoms with E-state index < -0.39 is 11.9 Å². The molecule has 0 aliphatic heterocycles. The molecule has 0 radical (unpaired) electrons. The van der Waals surface area contributed by atoms with Crippen LogP contribution >= 0.6 is 11.6 Å². The molecule has 5 nitrogen and oxygen atoms in total. The van der Waals surface area contributed by atoms with E-state index >= 15 is 0 Å². The molecule has 1 aromatic heterocycles. The summed E-state index contributed by atoms with van der Waals surface area (Å²) in [6, 6.07) is 7.46. The number of carboxylic acid groups (broad SMARTS) is 1. The Balaban J connectivity index is 2.11. The number of furan rings is 1. The summed E-state index contributed by atoms with van der Waals surface area (Å²) in [6.45, 7) is 0. The van der Waals surface area contributed by atoms with Crippen molar-refractivity contribution in [3.63, 3.8) is 0 Å². The van der Waals surface area contributed by atoms with Gasteiger partial charge in [-0.2, -0.15) is 0 Å². The first-order valence-corrected chi connectivity index (χ1v) is 5.99. The number of rotatable bonds is 4. The summed E-state index contributed by atoms with van der Waals surface area (Å²) >= 11 is 5.89. The molecule has 2 aromatic rings. The molecule has 0 atom stereocenters. The lowest BCUT2D eigenvalue weighted by atomic mass is 10.2. The average Bonchev–Trinajstić information content (AvgIpc) is 2.92. The van der Waals surface area contributed by atoms with E-state index in [1.807, 2.05) is 0 Å². The molecule has 1 aromatic carbocycles. The number of carbonyl (C=O) groups excluding carboxylic acids is 1. The monoisotopic (exact) mass is 291 g/mol. The number of carbonyl (C=O) groups is 2. The minimum Gasteiger partial charge on any atom is -0.478 e. The molecule has 0 saturated heterocycles. The molecule has 0 fully saturated rings. The van der Waals surface area contributed by atoms with Gasteiger partial charge in [-0.3, -0.25) is 4.79 Å². The first-order chi connectivity index (χ1) is 9.56. The van der Waals surface area contributed by atoms with E-state index in [1.54, 1.807) is 12.1 Å². The van der Waals surface area contributed by atoms with E-state index in [4.69, 9.17) is 21.1 Å². The molecule has 1 heterocycles. The maximum atomic E-state index is 11.7. The van der Waals surface area contributed by atoms with Crippen molar-refractivity contribution in [1.29, 1.82) is 0 Å². The van der Waals surface area contributed by atoms with Crippen LogP contribution in [-0.2, 0) is 4.79 Å². The molecule has 0 bridgehead atoms. The van der Waals surface area contributed by atoms with Crippen molar-refractivity contribution >= 4 is 35.2 Å². The number of halogens is 1. The Morgan fingerprint density at radius 2 is 2.10 bits per heavy atom. The number of nitrogens with one attached hydrogen (secondary N) is 1. The molecule has 0 spiro atoms. The molecule has 20 heavy (non-hydrogen) atoms. The second kappa shape index (κ2) is 6.08. The van der Waals surface area contributed by atoms with Crippen LogP contribution in [0.3, 0.4) is 0 Å². The lowest BCUT2D eigenvalue weighted by Gasteiger charge is -2.05. The van der Waals surface area contributed by atoms with E-state index in [1.165, 1.54) is 36.6 Å². The lowest BCUT2D eigenvalue weighted by molar-refractivity contribution is -0.111. The molecule has 102 valence electrons. The number of aromatic carboxylic acids is 1. The van der Waals surface area contributed by atoms with Crippen molar-refractivity contribution < 1.29 is 19.1 Å². The third-order valence-electron chi connectivity index (χ3n) is 2.41. The van der Waals surface area contributed by atoms with E-state index in [0.717, 1.165) is 0 Å². The van der Waals surface area contributed by atoms with Gasteiger partial charge in [-0.05, 0) is 36.4 Å². The van der Waals surface area contributed by atoms with Crippen molar-refractivity contribution in [2.24, 2.45) is 0 Å². The van der Waals surface area contributed by atoms with E-state index in [0.29, 0.717) is 5.76 Å². The van der Waals surface area contributed by atoms with Crippen LogP contribution in [0.25, 0.3) is 6.08 Å². The van der Waals surface area contributed by atoms with E-state index in [9.17, 15) is 9.59 Å². The second-order valence-electron chi connectivity index (χ2n) is 3.84. The van der Waals surface area contributed by atoms with Gasteiger partial charge < -0.3 is 14.8 Å². The Morgan fingerprint density at radius 1 is 1.30 bits per heavy atom. The van der Waals surface area contributed by atoms with Crippen LogP contribution in [0.2, 0.25) is 5.02 Å². The van der Waals surface area contributed by atoms with Gasteiger partial charge in [0.15, 0.2) is 0 Å². The molecule has 0 unspecified atom stereocenters. The molecule has 0 saturated carbocycles. The predicted octanol–water partition coefficient (Wildman–Crippen LogP) is 3.28. The standard InChI is InChI=1S/C14H10ClNO4/c15-11-5-3-9(14(18)19)8-12(11)16-13(17)6-4-10-2-1-7-20-10/h1-8H,(H,16,17)(H,18,19)/b6-4+.